The second-order valence-electron chi connectivity index (χ2n) is 6.58. The molecule has 1 aliphatic heterocycles. The van der Waals surface area contributed by atoms with Crippen LogP contribution >= 0.6 is 0 Å². The van der Waals surface area contributed by atoms with Crippen molar-refractivity contribution < 1.29 is 14.6 Å². The Balaban J connectivity index is 1.93. The minimum Gasteiger partial charge on any atom is -0.465 e. The summed E-state index contributed by atoms with van der Waals surface area (Å²) in [5.74, 6) is 0. The summed E-state index contributed by atoms with van der Waals surface area (Å²) < 4.78 is 13.4. The number of aliphatic hydroxyl groups excluding tert-OH is 1. The van der Waals surface area contributed by atoms with Crippen LogP contribution in [0.5, 0.6) is 6.01 Å². The van der Waals surface area contributed by atoms with E-state index in [9.17, 15) is 9.90 Å². The van der Waals surface area contributed by atoms with Gasteiger partial charge in [0.25, 0.3) is 5.56 Å². The number of pyridine rings is 1. The molecule has 146 valence electrons. The fraction of sp³-hybridized carbons (Fsp3) is 0.526. The Labute approximate surface area is 158 Å². The summed E-state index contributed by atoms with van der Waals surface area (Å²) in [5.41, 5.74) is 0.521. The van der Waals surface area contributed by atoms with Crippen molar-refractivity contribution in [3.63, 3.8) is 0 Å². The highest BCUT2D eigenvalue weighted by molar-refractivity contribution is 5.07. The van der Waals surface area contributed by atoms with Gasteiger partial charge >= 0.3 is 6.01 Å². The number of nitrogens with zero attached hydrogens (tertiary/aromatic N) is 4. The van der Waals surface area contributed by atoms with Gasteiger partial charge in [0, 0.05) is 25.0 Å². The monoisotopic (exact) mass is 374 g/mol. The predicted octanol–water partition coefficient (Wildman–Crippen LogP) is 1.21. The van der Waals surface area contributed by atoms with Crippen molar-refractivity contribution in [2.45, 2.75) is 51.3 Å². The van der Waals surface area contributed by atoms with Crippen LogP contribution in [0.15, 0.2) is 41.5 Å². The number of aromatic nitrogens is 3. The molecule has 0 radical (unpaired) electrons. The van der Waals surface area contributed by atoms with E-state index in [1.165, 1.54) is 6.07 Å². The molecule has 0 saturated carbocycles. The first-order valence-electron chi connectivity index (χ1n) is 9.20. The molecule has 27 heavy (non-hydrogen) atoms. The molecule has 0 aliphatic carbocycles. The van der Waals surface area contributed by atoms with Crippen LogP contribution in [0.1, 0.15) is 32.2 Å². The van der Waals surface area contributed by atoms with Gasteiger partial charge in [-0.2, -0.15) is 4.98 Å². The van der Waals surface area contributed by atoms with E-state index in [1.807, 2.05) is 44.0 Å². The number of ether oxygens (including phenoxy) is 2. The van der Waals surface area contributed by atoms with Gasteiger partial charge in [-0.15, -0.1) is 0 Å². The first-order chi connectivity index (χ1) is 13.0. The summed E-state index contributed by atoms with van der Waals surface area (Å²) in [4.78, 5) is 22.0. The van der Waals surface area contributed by atoms with E-state index in [1.54, 1.807) is 17.0 Å². The summed E-state index contributed by atoms with van der Waals surface area (Å²) in [6, 6.07) is 6.96. The quantitative estimate of drug-likeness (QED) is 0.779. The first kappa shape index (κ1) is 19.5. The van der Waals surface area contributed by atoms with Gasteiger partial charge in [0.2, 0.25) is 0 Å². The summed E-state index contributed by atoms with van der Waals surface area (Å²) in [6.45, 7) is 4.72. The molecule has 1 N–H and O–H groups in total. The molecule has 3 heterocycles. The topological polar surface area (TPSA) is 89.7 Å². The zero-order valence-corrected chi connectivity index (χ0v) is 15.9. The molecule has 1 fully saturated rings. The lowest BCUT2D eigenvalue weighted by atomic mass is 10.0. The van der Waals surface area contributed by atoms with Crippen molar-refractivity contribution in [1.29, 1.82) is 0 Å². The molecule has 0 amide bonds. The fourth-order valence-corrected chi connectivity index (χ4v) is 3.45. The molecule has 3 rings (SSSR count). The lowest BCUT2D eigenvalue weighted by Crippen LogP contribution is -2.44. The molecule has 2 aromatic rings. The van der Waals surface area contributed by atoms with Gasteiger partial charge in [0.15, 0.2) is 6.23 Å². The van der Waals surface area contributed by atoms with Gasteiger partial charge in [-0.25, -0.2) is 0 Å². The van der Waals surface area contributed by atoms with E-state index in [0.717, 1.165) is 5.69 Å². The van der Waals surface area contributed by atoms with Gasteiger partial charge in [0.05, 0.1) is 24.4 Å². The number of likely N-dealkylation sites (N-methyl/N-ethyl adjacent to an activating group) is 1. The molecule has 0 aromatic carbocycles. The zero-order valence-electron chi connectivity index (χ0n) is 15.9. The highest BCUT2D eigenvalue weighted by Gasteiger charge is 2.46. The van der Waals surface area contributed by atoms with Crippen molar-refractivity contribution in [2.75, 3.05) is 13.7 Å². The van der Waals surface area contributed by atoms with E-state index in [2.05, 4.69) is 9.97 Å². The molecule has 8 heteroatoms. The van der Waals surface area contributed by atoms with Crippen LogP contribution in [0.2, 0.25) is 0 Å². The predicted molar refractivity (Wildman–Crippen MR) is 99.4 cm³/mol. The van der Waals surface area contributed by atoms with Crippen LogP contribution in [-0.2, 0) is 11.3 Å². The fourth-order valence-electron chi connectivity index (χ4n) is 3.45. The third kappa shape index (κ3) is 4.18. The summed E-state index contributed by atoms with van der Waals surface area (Å²) in [6.07, 6.45) is 2.48. The van der Waals surface area contributed by atoms with Crippen molar-refractivity contribution in [3.8, 4) is 6.01 Å². The van der Waals surface area contributed by atoms with Gasteiger partial charge in [0.1, 0.15) is 6.10 Å². The SMILES string of the molecule is CCOc1nc(=O)ccn1[C@@H]1O[C@H](CC)[C@H](O)C1N(C)Cc1ccccn1. The Morgan fingerprint density at radius 2 is 2.15 bits per heavy atom. The molecule has 2 aromatic heterocycles. The highest BCUT2D eigenvalue weighted by Crippen LogP contribution is 2.36. The second-order valence-corrected chi connectivity index (χ2v) is 6.58. The largest absolute Gasteiger partial charge is 0.465 e. The Bertz CT molecular complexity index is 798. The Hall–Kier alpha value is -2.29. The molecular formula is C19H26N4O4. The van der Waals surface area contributed by atoms with Gasteiger partial charge < -0.3 is 14.6 Å². The summed E-state index contributed by atoms with van der Waals surface area (Å²) in [5, 5.41) is 10.9. The minimum absolute atomic E-state index is 0.190. The lowest BCUT2D eigenvalue weighted by Gasteiger charge is -2.31. The van der Waals surface area contributed by atoms with Crippen LogP contribution in [0.3, 0.4) is 0 Å². The normalized spacial score (nSPS) is 25.1. The summed E-state index contributed by atoms with van der Waals surface area (Å²) in [7, 11) is 1.92. The summed E-state index contributed by atoms with van der Waals surface area (Å²) >= 11 is 0. The molecule has 1 aliphatic rings. The maximum atomic E-state index is 11.7. The Kier molecular flexibility index (Phi) is 6.20. The Morgan fingerprint density at radius 1 is 1.33 bits per heavy atom. The van der Waals surface area contributed by atoms with Crippen LogP contribution < -0.4 is 10.3 Å². The van der Waals surface area contributed by atoms with Gasteiger partial charge in [-0.05, 0) is 32.5 Å². The van der Waals surface area contributed by atoms with Crippen LogP contribution in [0.4, 0.5) is 0 Å². The average molecular weight is 374 g/mol. The second kappa shape index (κ2) is 8.60. The van der Waals surface area contributed by atoms with Crippen molar-refractivity contribution >= 4 is 0 Å². The minimum atomic E-state index is -0.692. The van der Waals surface area contributed by atoms with E-state index in [-0.39, 0.29) is 23.7 Å². The highest BCUT2D eigenvalue weighted by atomic mass is 16.5. The maximum absolute atomic E-state index is 11.7. The molecule has 0 spiro atoms. The maximum Gasteiger partial charge on any atom is 0.301 e. The average Bonchev–Trinajstić information content (AvgIpc) is 2.99. The number of rotatable bonds is 7. The van der Waals surface area contributed by atoms with Crippen LogP contribution in [0, 0.1) is 0 Å². The number of hydrogen-bond donors (Lipinski definition) is 1. The first-order valence-corrected chi connectivity index (χ1v) is 9.20. The molecule has 0 bridgehead atoms. The van der Waals surface area contributed by atoms with E-state index in [0.29, 0.717) is 19.6 Å². The van der Waals surface area contributed by atoms with Gasteiger partial charge in [-0.1, -0.05) is 13.0 Å². The van der Waals surface area contributed by atoms with Crippen LogP contribution in [0.25, 0.3) is 0 Å². The molecule has 8 nitrogen and oxygen atoms in total. The molecule has 1 unspecified atom stereocenters. The Morgan fingerprint density at radius 3 is 2.81 bits per heavy atom. The number of hydrogen-bond acceptors (Lipinski definition) is 7. The molecular weight excluding hydrogens is 348 g/mol. The third-order valence-corrected chi connectivity index (χ3v) is 4.74. The van der Waals surface area contributed by atoms with Crippen molar-refractivity contribution in [1.82, 2.24) is 19.4 Å². The van der Waals surface area contributed by atoms with E-state index >= 15 is 0 Å². The van der Waals surface area contributed by atoms with Crippen molar-refractivity contribution in [2.24, 2.45) is 0 Å². The van der Waals surface area contributed by atoms with Gasteiger partial charge in [-0.3, -0.25) is 19.2 Å². The van der Waals surface area contributed by atoms with E-state index in [4.69, 9.17) is 9.47 Å². The molecule has 1 saturated heterocycles. The van der Waals surface area contributed by atoms with Crippen LogP contribution in [-0.4, -0.2) is 56.4 Å². The standard InChI is InChI=1S/C19H26N4O4/c1-4-14-17(25)16(22(3)12-13-8-6-7-10-20-13)18(27-14)23-11-9-15(24)21-19(23)26-5-2/h6-11,14,16-18,25H,4-5,12H2,1-3H3/t14-,16?,17+,18-/m1/s1. The number of aliphatic hydroxyl groups is 1. The molecule has 4 atom stereocenters. The lowest BCUT2D eigenvalue weighted by molar-refractivity contribution is -0.0322. The van der Waals surface area contributed by atoms with Crippen molar-refractivity contribution in [3.05, 3.63) is 52.7 Å². The van der Waals surface area contributed by atoms with E-state index < -0.39 is 12.3 Å². The zero-order chi connectivity index (χ0) is 19.4. The third-order valence-electron chi connectivity index (χ3n) is 4.74. The smallest absolute Gasteiger partial charge is 0.301 e.